The highest BCUT2D eigenvalue weighted by Crippen LogP contribution is 2.40. The maximum atomic E-state index is 11.7. The summed E-state index contributed by atoms with van der Waals surface area (Å²) in [4.78, 5) is 23.3. The van der Waals surface area contributed by atoms with Crippen molar-refractivity contribution in [2.45, 2.75) is 32.1 Å². The SMILES string of the molecule is NC(=O)C1(CC#CNC(=O)c2ccccc2)CCCC1. The van der Waals surface area contributed by atoms with Crippen molar-refractivity contribution in [2.75, 3.05) is 0 Å². The normalized spacial score (nSPS) is 16.0. The van der Waals surface area contributed by atoms with Crippen LogP contribution in [0, 0.1) is 17.4 Å². The molecule has 104 valence electrons. The minimum absolute atomic E-state index is 0.238. The van der Waals surface area contributed by atoms with Gasteiger partial charge in [0.25, 0.3) is 5.91 Å². The Morgan fingerprint density at radius 3 is 2.45 bits per heavy atom. The molecular formula is C16H18N2O2. The van der Waals surface area contributed by atoms with Gasteiger partial charge in [-0.1, -0.05) is 37.0 Å². The third kappa shape index (κ3) is 3.18. The first-order valence-electron chi connectivity index (χ1n) is 6.77. The van der Waals surface area contributed by atoms with Gasteiger partial charge in [0.1, 0.15) is 0 Å². The molecule has 2 amide bonds. The first-order chi connectivity index (χ1) is 9.64. The van der Waals surface area contributed by atoms with Gasteiger partial charge >= 0.3 is 0 Å². The lowest BCUT2D eigenvalue weighted by Crippen LogP contribution is -2.34. The first-order valence-corrected chi connectivity index (χ1v) is 6.77. The van der Waals surface area contributed by atoms with E-state index in [1.807, 2.05) is 6.07 Å². The average Bonchev–Trinajstić information content (AvgIpc) is 2.94. The molecule has 0 heterocycles. The molecule has 0 saturated heterocycles. The number of amides is 2. The molecule has 2 rings (SSSR count). The van der Waals surface area contributed by atoms with Crippen LogP contribution in [0.5, 0.6) is 0 Å². The number of nitrogens with two attached hydrogens (primary N) is 1. The second-order valence-corrected chi connectivity index (χ2v) is 5.15. The summed E-state index contributed by atoms with van der Waals surface area (Å²) in [5.41, 5.74) is 5.54. The zero-order chi connectivity index (χ0) is 14.4. The van der Waals surface area contributed by atoms with Gasteiger partial charge in [0, 0.05) is 18.0 Å². The maximum absolute atomic E-state index is 11.7. The molecule has 1 aromatic carbocycles. The largest absolute Gasteiger partial charge is 0.369 e. The van der Waals surface area contributed by atoms with Crippen molar-refractivity contribution in [2.24, 2.45) is 11.1 Å². The molecule has 0 spiro atoms. The lowest BCUT2D eigenvalue weighted by atomic mass is 9.82. The fourth-order valence-electron chi connectivity index (χ4n) is 2.54. The Morgan fingerprint density at radius 2 is 1.85 bits per heavy atom. The third-order valence-electron chi connectivity index (χ3n) is 3.81. The van der Waals surface area contributed by atoms with Crippen LogP contribution in [0.25, 0.3) is 0 Å². The molecule has 20 heavy (non-hydrogen) atoms. The van der Waals surface area contributed by atoms with Gasteiger partial charge in [-0.3, -0.25) is 14.9 Å². The molecule has 1 saturated carbocycles. The highest BCUT2D eigenvalue weighted by molar-refractivity contribution is 5.95. The van der Waals surface area contributed by atoms with Crippen LogP contribution in [0.3, 0.4) is 0 Å². The van der Waals surface area contributed by atoms with E-state index in [0.717, 1.165) is 25.7 Å². The number of carbonyl (C=O) groups excluding carboxylic acids is 2. The summed E-state index contributed by atoms with van der Waals surface area (Å²) in [6.45, 7) is 0. The van der Waals surface area contributed by atoms with Crippen LogP contribution in [-0.4, -0.2) is 11.8 Å². The smallest absolute Gasteiger partial charge is 0.262 e. The molecule has 0 atom stereocenters. The predicted octanol–water partition coefficient (Wildman–Crippen LogP) is 1.81. The summed E-state index contributed by atoms with van der Waals surface area (Å²) in [6, 6.07) is 11.5. The summed E-state index contributed by atoms with van der Waals surface area (Å²) in [7, 11) is 0. The lowest BCUT2D eigenvalue weighted by molar-refractivity contribution is -0.127. The van der Waals surface area contributed by atoms with Gasteiger partial charge in [0.2, 0.25) is 5.91 Å². The summed E-state index contributed by atoms with van der Waals surface area (Å²) in [6.07, 6.45) is 4.03. The number of benzene rings is 1. The molecule has 4 heteroatoms. The Balaban J connectivity index is 1.92. The third-order valence-corrected chi connectivity index (χ3v) is 3.81. The molecule has 0 unspecified atom stereocenters. The molecule has 0 radical (unpaired) electrons. The number of rotatable bonds is 3. The Bertz CT molecular complexity index is 549. The summed E-state index contributed by atoms with van der Waals surface area (Å²) in [5.74, 6) is 2.35. The van der Waals surface area contributed by atoms with Crippen LogP contribution in [0.15, 0.2) is 30.3 Å². The molecule has 0 aliphatic heterocycles. The Labute approximate surface area is 118 Å². The Kier molecular flexibility index (Phi) is 4.41. The summed E-state index contributed by atoms with van der Waals surface area (Å²) < 4.78 is 0. The van der Waals surface area contributed by atoms with Gasteiger partial charge in [-0.05, 0) is 25.0 Å². The van der Waals surface area contributed by atoms with Crippen LogP contribution < -0.4 is 11.1 Å². The first kappa shape index (κ1) is 14.1. The van der Waals surface area contributed by atoms with E-state index in [9.17, 15) is 9.59 Å². The topological polar surface area (TPSA) is 72.2 Å². The Hall–Kier alpha value is -2.28. The van der Waals surface area contributed by atoms with Crippen molar-refractivity contribution in [1.29, 1.82) is 0 Å². The number of hydrogen-bond donors (Lipinski definition) is 2. The van der Waals surface area contributed by atoms with Crippen molar-refractivity contribution in [3.63, 3.8) is 0 Å². The van der Waals surface area contributed by atoms with Gasteiger partial charge in [0.15, 0.2) is 0 Å². The maximum Gasteiger partial charge on any atom is 0.262 e. The minimum Gasteiger partial charge on any atom is -0.369 e. The van der Waals surface area contributed by atoms with Crippen molar-refractivity contribution < 1.29 is 9.59 Å². The molecule has 0 aromatic heterocycles. The molecule has 4 nitrogen and oxygen atoms in total. The van der Waals surface area contributed by atoms with E-state index in [1.54, 1.807) is 24.3 Å². The van der Waals surface area contributed by atoms with Crippen LogP contribution in [0.2, 0.25) is 0 Å². The fraction of sp³-hybridized carbons (Fsp3) is 0.375. The van der Waals surface area contributed by atoms with Crippen molar-refractivity contribution in [3.05, 3.63) is 35.9 Å². The highest BCUT2D eigenvalue weighted by Gasteiger charge is 2.38. The Morgan fingerprint density at radius 1 is 1.20 bits per heavy atom. The zero-order valence-electron chi connectivity index (χ0n) is 11.3. The average molecular weight is 270 g/mol. The van der Waals surface area contributed by atoms with Crippen molar-refractivity contribution in [1.82, 2.24) is 5.32 Å². The van der Waals surface area contributed by atoms with Crippen molar-refractivity contribution in [3.8, 4) is 12.0 Å². The minimum atomic E-state index is -0.496. The van der Waals surface area contributed by atoms with E-state index in [0.29, 0.717) is 12.0 Å². The number of nitrogens with one attached hydrogen (secondary N) is 1. The van der Waals surface area contributed by atoms with E-state index in [-0.39, 0.29) is 11.8 Å². The monoisotopic (exact) mass is 270 g/mol. The highest BCUT2D eigenvalue weighted by atomic mass is 16.2. The van der Waals surface area contributed by atoms with E-state index in [2.05, 4.69) is 17.3 Å². The quantitative estimate of drug-likeness (QED) is 0.649. The summed E-state index contributed by atoms with van der Waals surface area (Å²) in [5, 5.41) is 2.53. The second-order valence-electron chi connectivity index (χ2n) is 5.15. The predicted molar refractivity (Wildman–Crippen MR) is 76.4 cm³/mol. The van der Waals surface area contributed by atoms with Gasteiger partial charge in [0.05, 0.1) is 5.41 Å². The zero-order valence-corrected chi connectivity index (χ0v) is 11.3. The number of carbonyl (C=O) groups is 2. The lowest BCUT2D eigenvalue weighted by Gasteiger charge is -2.21. The number of primary amides is 1. The van der Waals surface area contributed by atoms with Gasteiger partial charge < -0.3 is 5.73 Å². The van der Waals surface area contributed by atoms with Gasteiger partial charge in [-0.25, -0.2) is 0 Å². The van der Waals surface area contributed by atoms with E-state index in [1.165, 1.54) is 0 Å². The van der Waals surface area contributed by atoms with Gasteiger partial charge in [-0.2, -0.15) is 0 Å². The van der Waals surface area contributed by atoms with Crippen LogP contribution in [0.1, 0.15) is 42.5 Å². The summed E-state index contributed by atoms with van der Waals surface area (Å²) >= 11 is 0. The van der Waals surface area contributed by atoms with Gasteiger partial charge in [-0.15, -0.1) is 0 Å². The molecule has 1 aromatic rings. The van der Waals surface area contributed by atoms with E-state index in [4.69, 9.17) is 5.73 Å². The van der Waals surface area contributed by atoms with Crippen LogP contribution in [-0.2, 0) is 4.79 Å². The molecular weight excluding hydrogens is 252 g/mol. The molecule has 1 aliphatic rings. The van der Waals surface area contributed by atoms with E-state index < -0.39 is 5.41 Å². The standard InChI is InChI=1S/C16H18N2O2/c17-15(20)16(9-4-5-10-16)11-6-12-18-14(19)13-7-2-1-3-8-13/h1-3,7-8H,4-5,9-11H2,(H2,17,20)(H,18,19). The van der Waals surface area contributed by atoms with Crippen LogP contribution >= 0.6 is 0 Å². The molecule has 1 fully saturated rings. The molecule has 3 N–H and O–H groups in total. The van der Waals surface area contributed by atoms with Crippen LogP contribution in [0.4, 0.5) is 0 Å². The molecule has 0 bridgehead atoms. The molecule has 1 aliphatic carbocycles. The second kappa shape index (κ2) is 6.25. The van der Waals surface area contributed by atoms with E-state index >= 15 is 0 Å². The van der Waals surface area contributed by atoms with Crippen molar-refractivity contribution >= 4 is 11.8 Å². The fourth-order valence-corrected chi connectivity index (χ4v) is 2.54. The number of hydrogen-bond acceptors (Lipinski definition) is 2.